The molecule has 0 aliphatic rings. The highest BCUT2D eigenvalue weighted by Crippen LogP contribution is 2.40. The van der Waals surface area contributed by atoms with Crippen molar-refractivity contribution in [2.45, 2.75) is 23.1 Å². The van der Waals surface area contributed by atoms with Gasteiger partial charge in [-0.1, -0.05) is 45.7 Å². The summed E-state index contributed by atoms with van der Waals surface area (Å²) in [7, 11) is 0. The van der Waals surface area contributed by atoms with Gasteiger partial charge in [0, 0.05) is 20.4 Å². The lowest BCUT2D eigenvalue weighted by Crippen LogP contribution is -2.22. The van der Waals surface area contributed by atoms with Crippen molar-refractivity contribution in [3.05, 3.63) is 63.6 Å². The zero-order chi connectivity index (χ0) is 13.8. The highest BCUT2D eigenvalue weighted by atomic mass is 79.9. The molecule has 0 heterocycles. The van der Waals surface area contributed by atoms with Crippen LogP contribution >= 0.6 is 39.3 Å². The van der Waals surface area contributed by atoms with E-state index in [4.69, 9.17) is 17.3 Å². The molecule has 2 aromatic rings. The Morgan fingerprint density at radius 3 is 2.32 bits per heavy atom. The third-order valence-corrected chi connectivity index (χ3v) is 5.12. The third kappa shape index (κ3) is 3.99. The van der Waals surface area contributed by atoms with Crippen molar-refractivity contribution >= 4 is 39.3 Å². The minimum absolute atomic E-state index is 0.0218. The predicted molar refractivity (Wildman–Crippen MR) is 87.8 cm³/mol. The van der Waals surface area contributed by atoms with Crippen LogP contribution in [0.5, 0.6) is 0 Å². The van der Waals surface area contributed by atoms with E-state index in [1.54, 1.807) is 11.8 Å². The van der Waals surface area contributed by atoms with Crippen molar-refractivity contribution in [3.63, 3.8) is 0 Å². The molecule has 0 bridgehead atoms. The zero-order valence-electron chi connectivity index (χ0n) is 10.5. The van der Waals surface area contributed by atoms with Gasteiger partial charge in [-0.3, -0.25) is 0 Å². The summed E-state index contributed by atoms with van der Waals surface area (Å²) in [5.74, 6) is 0. The van der Waals surface area contributed by atoms with Gasteiger partial charge in [0.1, 0.15) is 0 Å². The molecule has 0 aliphatic carbocycles. The molecule has 1 nitrogen and oxygen atoms in total. The Morgan fingerprint density at radius 2 is 1.74 bits per heavy atom. The van der Waals surface area contributed by atoms with Crippen LogP contribution in [0.25, 0.3) is 0 Å². The van der Waals surface area contributed by atoms with Crippen molar-refractivity contribution in [1.29, 1.82) is 0 Å². The maximum atomic E-state index is 6.28. The SMILES string of the molecule is CC(N)C(Sc1ccc(Br)cc1)c1ccccc1Cl. The van der Waals surface area contributed by atoms with Crippen LogP contribution in [0.1, 0.15) is 17.7 Å². The van der Waals surface area contributed by atoms with E-state index >= 15 is 0 Å². The van der Waals surface area contributed by atoms with Crippen LogP contribution < -0.4 is 5.73 Å². The van der Waals surface area contributed by atoms with E-state index in [0.29, 0.717) is 0 Å². The Hall–Kier alpha value is -0.480. The van der Waals surface area contributed by atoms with E-state index in [1.807, 2.05) is 43.3 Å². The number of thioether (sulfide) groups is 1. The van der Waals surface area contributed by atoms with Gasteiger partial charge in [-0.25, -0.2) is 0 Å². The normalized spacial score (nSPS) is 14.1. The Morgan fingerprint density at radius 1 is 1.11 bits per heavy atom. The first-order valence-corrected chi connectivity index (χ1v) is 8.05. The Labute approximate surface area is 131 Å². The average Bonchev–Trinajstić information content (AvgIpc) is 2.39. The van der Waals surface area contributed by atoms with Crippen LogP contribution in [0, 0.1) is 0 Å². The molecule has 0 spiro atoms. The lowest BCUT2D eigenvalue weighted by molar-refractivity contribution is 0.721. The first kappa shape index (κ1) is 14.9. The zero-order valence-corrected chi connectivity index (χ0v) is 13.7. The van der Waals surface area contributed by atoms with Crippen LogP contribution in [-0.2, 0) is 0 Å². The molecule has 100 valence electrons. The number of hydrogen-bond donors (Lipinski definition) is 1. The Bertz CT molecular complexity index is 542. The molecule has 0 amide bonds. The summed E-state index contributed by atoms with van der Waals surface area (Å²) in [5, 5.41) is 0.921. The molecule has 2 rings (SSSR count). The fourth-order valence-corrected chi connectivity index (χ4v) is 3.54. The minimum atomic E-state index is 0.0218. The van der Waals surface area contributed by atoms with Crippen LogP contribution in [0.2, 0.25) is 5.02 Å². The van der Waals surface area contributed by atoms with Gasteiger partial charge in [-0.15, -0.1) is 11.8 Å². The van der Waals surface area contributed by atoms with Gasteiger partial charge in [0.15, 0.2) is 0 Å². The monoisotopic (exact) mass is 355 g/mol. The summed E-state index contributed by atoms with van der Waals surface area (Å²) in [6, 6.07) is 16.2. The van der Waals surface area contributed by atoms with Crippen LogP contribution in [-0.4, -0.2) is 6.04 Å². The maximum Gasteiger partial charge on any atom is 0.0507 e. The van der Waals surface area contributed by atoms with Crippen molar-refractivity contribution in [2.75, 3.05) is 0 Å². The number of benzene rings is 2. The van der Waals surface area contributed by atoms with Gasteiger partial charge in [-0.2, -0.15) is 0 Å². The quantitative estimate of drug-likeness (QED) is 0.754. The maximum absolute atomic E-state index is 6.28. The van der Waals surface area contributed by atoms with Gasteiger partial charge in [0.2, 0.25) is 0 Å². The van der Waals surface area contributed by atoms with Crippen molar-refractivity contribution in [2.24, 2.45) is 5.73 Å². The van der Waals surface area contributed by atoms with E-state index in [1.165, 1.54) is 4.90 Å². The molecule has 0 fully saturated rings. The van der Waals surface area contributed by atoms with Gasteiger partial charge >= 0.3 is 0 Å². The summed E-state index contributed by atoms with van der Waals surface area (Å²) >= 11 is 11.5. The molecule has 0 aliphatic heterocycles. The molecule has 0 aromatic heterocycles. The topological polar surface area (TPSA) is 26.0 Å². The second-order valence-electron chi connectivity index (χ2n) is 4.37. The Kier molecular flexibility index (Phi) is 5.34. The molecule has 2 aromatic carbocycles. The lowest BCUT2D eigenvalue weighted by Gasteiger charge is -2.22. The summed E-state index contributed by atoms with van der Waals surface area (Å²) < 4.78 is 1.08. The van der Waals surface area contributed by atoms with Crippen LogP contribution in [0.3, 0.4) is 0 Å². The predicted octanol–water partition coefficient (Wildman–Crippen LogP) is 5.28. The van der Waals surface area contributed by atoms with E-state index in [0.717, 1.165) is 15.1 Å². The molecule has 0 radical (unpaired) electrons. The Balaban J connectivity index is 2.27. The largest absolute Gasteiger partial charge is 0.327 e. The van der Waals surface area contributed by atoms with Crippen LogP contribution in [0.15, 0.2) is 57.9 Å². The molecule has 2 N–H and O–H groups in total. The fraction of sp³-hybridized carbons (Fsp3) is 0.200. The smallest absolute Gasteiger partial charge is 0.0507 e. The number of hydrogen-bond acceptors (Lipinski definition) is 2. The summed E-state index contributed by atoms with van der Waals surface area (Å²) in [5.41, 5.74) is 7.22. The van der Waals surface area contributed by atoms with E-state index in [2.05, 4.69) is 28.1 Å². The molecule has 19 heavy (non-hydrogen) atoms. The molecule has 0 saturated heterocycles. The minimum Gasteiger partial charge on any atom is -0.327 e. The summed E-state index contributed by atoms with van der Waals surface area (Å²) in [6.07, 6.45) is 0. The molecule has 2 unspecified atom stereocenters. The third-order valence-electron chi connectivity index (χ3n) is 2.77. The molecule has 4 heteroatoms. The molecular formula is C15H15BrClNS. The second-order valence-corrected chi connectivity index (χ2v) is 6.91. The van der Waals surface area contributed by atoms with Gasteiger partial charge in [0.05, 0.1) is 5.25 Å². The van der Waals surface area contributed by atoms with E-state index < -0.39 is 0 Å². The highest BCUT2D eigenvalue weighted by molar-refractivity contribution is 9.10. The standard InChI is InChI=1S/C15H15BrClNS/c1-10(18)15(13-4-2-3-5-14(13)17)19-12-8-6-11(16)7-9-12/h2-10,15H,18H2,1H3. The molecule has 2 atom stereocenters. The first-order chi connectivity index (χ1) is 9.08. The first-order valence-electron chi connectivity index (χ1n) is 6.00. The van der Waals surface area contributed by atoms with Crippen LogP contribution in [0.4, 0.5) is 0 Å². The van der Waals surface area contributed by atoms with Gasteiger partial charge < -0.3 is 5.73 Å². The summed E-state index contributed by atoms with van der Waals surface area (Å²) in [6.45, 7) is 2.01. The number of nitrogens with two attached hydrogens (primary N) is 1. The van der Waals surface area contributed by atoms with E-state index in [9.17, 15) is 0 Å². The number of rotatable bonds is 4. The number of halogens is 2. The van der Waals surface area contributed by atoms with Gasteiger partial charge in [-0.05, 0) is 42.8 Å². The second kappa shape index (κ2) is 6.80. The van der Waals surface area contributed by atoms with Crippen molar-refractivity contribution < 1.29 is 0 Å². The summed E-state index contributed by atoms with van der Waals surface area (Å²) in [4.78, 5) is 1.19. The molecular weight excluding hydrogens is 342 g/mol. The highest BCUT2D eigenvalue weighted by Gasteiger charge is 2.20. The average molecular weight is 357 g/mol. The van der Waals surface area contributed by atoms with Gasteiger partial charge in [0.25, 0.3) is 0 Å². The van der Waals surface area contributed by atoms with Crippen molar-refractivity contribution in [1.82, 2.24) is 0 Å². The lowest BCUT2D eigenvalue weighted by atomic mass is 10.1. The molecule has 0 saturated carbocycles. The fourth-order valence-electron chi connectivity index (χ4n) is 1.82. The van der Waals surface area contributed by atoms with Crippen molar-refractivity contribution in [3.8, 4) is 0 Å². The van der Waals surface area contributed by atoms with E-state index in [-0.39, 0.29) is 11.3 Å².